The van der Waals surface area contributed by atoms with Crippen molar-refractivity contribution in [3.05, 3.63) is 0 Å². The van der Waals surface area contributed by atoms with Crippen LogP contribution in [0.5, 0.6) is 0 Å². The molecule has 2 rings (SSSR count). The molecule has 0 bridgehead atoms. The molecule has 0 amide bonds. The van der Waals surface area contributed by atoms with Crippen LogP contribution in [-0.2, 0) is 4.74 Å². The van der Waals surface area contributed by atoms with Crippen LogP contribution in [0.15, 0.2) is 0 Å². The average Bonchev–Trinajstić information content (AvgIpc) is 2.54. The molecule has 0 aromatic rings. The van der Waals surface area contributed by atoms with E-state index in [2.05, 4.69) is 37.9 Å². The molecule has 1 aliphatic carbocycles. The highest BCUT2D eigenvalue weighted by atomic mass is 16.5. The molecule has 1 N–H and O–H groups in total. The van der Waals surface area contributed by atoms with E-state index in [9.17, 15) is 0 Å². The molecule has 0 aromatic carbocycles. The maximum absolute atomic E-state index is 5.67. The zero-order valence-electron chi connectivity index (χ0n) is 14.8. The summed E-state index contributed by atoms with van der Waals surface area (Å²) in [6.07, 6.45) is 8.10. The minimum absolute atomic E-state index is 0.282. The van der Waals surface area contributed by atoms with E-state index in [0.717, 1.165) is 18.5 Å². The second-order valence-electron chi connectivity index (χ2n) is 7.60. The molecular formula is C18H36N2O. The zero-order valence-corrected chi connectivity index (χ0v) is 14.8. The Bertz CT molecular complexity index is 322. The van der Waals surface area contributed by atoms with Crippen LogP contribution in [0.4, 0.5) is 0 Å². The standard InChI is InChI=1S/C18H36N2O/c1-6-14(3)17-12-19-18(4,7-2)13-20(17)15-9-8-10-16(11-15)21-5/h14-17,19H,6-13H2,1-5H3. The van der Waals surface area contributed by atoms with E-state index in [1.165, 1.54) is 45.1 Å². The van der Waals surface area contributed by atoms with Crippen LogP contribution in [0.3, 0.4) is 0 Å². The molecule has 5 unspecified atom stereocenters. The summed E-state index contributed by atoms with van der Waals surface area (Å²) in [6.45, 7) is 11.8. The lowest BCUT2D eigenvalue weighted by molar-refractivity contribution is -0.0266. The van der Waals surface area contributed by atoms with Gasteiger partial charge in [-0.3, -0.25) is 4.90 Å². The van der Waals surface area contributed by atoms with Gasteiger partial charge in [0.2, 0.25) is 0 Å². The summed E-state index contributed by atoms with van der Waals surface area (Å²) in [6, 6.07) is 1.41. The molecule has 5 atom stereocenters. The van der Waals surface area contributed by atoms with Gasteiger partial charge in [0.1, 0.15) is 0 Å². The predicted octanol–water partition coefficient (Wildman–Crippen LogP) is 3.43. The summed E-state index contributed by atoms with van der Waals surface area (Å²) in [5, 5.41) is 3.83. The summed E-state index contributed by atoms with van der Waals surface area (Å²) in [5.74, 6) is 0.766. The number of piperazine rings is 1. The Morgan fingerprint density at radius 1 is 1.33 bits per heavy atom. The van der Waals surface area contributed by atoms with E-state index < -0.39 is 0 Å². The number of methoxy groups -OCH3 is 1. The normalized spacial score (nSPS) is 40.1. The largest absolute Gasteiger partial charge is 0.381 e. The van der Waals surface area contributed by atoms with Crippen LogP contribution in [0.1, 0.15) is 66.2 Å². The van der Waals surface area contributed by atoms with Crippen molar-refractivity contribution in [1.29, 1.82) is 0 Å². The molecular weight excluding hydrogens is 260 g/mol. The van der Waals surface area contributed by atoms with Crippen molar-refractivity contribution in [2.24, 2.45) is 5.92 Å². The molecule has 1 saturated carbocycles. The number of nitrogens with zero attached hydrogens (tertiary/aromatic N) is 1. The molecule has 124 valence electrons. The van der Waals surface area contributed by atoms with Gasteiger partial charge in [0.15, 0.2) is 0 Å². The van der Waals surface area contributed by atoms with Gasteiger partial charge in [-0.15, -0.1) is 0 Å². The first-order chi connectivity index (χ1) is 10.0. The first kappa shape index (κ1) is 17.2. The van der Waals surface area contributed by atoms with Gasteiger partial charge >= 0.3 is 0 Å². The van der Waals surface area contributed by atoms with Crippen molar-refractivity contribution < 1.29 is 4.74 Å². The number of ether oxygens (including phenoxy) is 1. The summed E-state index contributed by atoms with van der Waals surface area (Å²) in [4.78, 5) is 2.85. The predicted molar refractivity (Wildman–Crippen MR) is 89.7 cm³/mol. The third-order valence-corrected chi connectivity index (χ3v) is 6.18. The van der Waals surface area contributed by atoms with E-state index in [1.54, 1.807) is 0 Å². The SMILES string of the molecule is CCC(C)C1CNC(C)(CC)CN1C1CCCC(OC)C1. The lowest BCUT2D eigenvalue weighted by Crippen LogP contribution is -2.66. The Kier molecular flexibility index (Phi) is 6.10. The Morgan fingerprint density at radius 2 is 2.10 bits per heavy atom. The minimum Gasteiger partial charge on any atom is -0.381 e. The summed E-state index contributed by atoms with van der Waals surface area (Å²) in [5.41, 5.74) is 0.282. The maximum atomic E-state index is 5.67. The van der Waals surface area contributed by atoms with Gasteiger partial charge in [-0.25, -0.2) is 0 Å². The van der Waals surface area contributed by atoms with Gasteiger partial charge in [0, 0.05) is 37.8 Å². The lowest BCUT2D eigenvalue weighted by Gasteiger charge is -2.52. The summed E-state index contributed by atoms with van der Waals surface area (Å²) >= 11 is 0. The summed E-state index contributed by atoms with van der Waals surface area (Å²) < 4.78 is 5.67. The molecule has 2 aliphatic rings. The lowest BCUT2D eigenvalue weighted by atomic mass is 9.83. The monoisotopic (exact) mass is 296 g/mol. The molecule has 0 radical (unpaired) electrons. The van der Waals surface area contributed by atoms with Gasteiger partial charge < -0.3 is 10.1 Å². The van der Waals surface area contributed by atoms with Crippen LogP contribution in [0.25, 0.3) is 0 Å². The van der Waals surface area contributed by atoms with Gasteiger partial charge in [0.05, 0.1) is 6.10 Å². The zero-order chi connectivity index (χ0) is 15.5. The van der Waals surface area contributed by atoms with Crippen molar-refractivity contribution >= 4 is 0 Å². The van der Waals surface area contributed by atoms with Crippen molar-refractivity contribution in [2.75, 3.05) is 20.2 Å². The van der Waals surface area contributed by atoms with Gasteiger partial charge in [-0.1, -0.05) is 27.2 Å². The molecule has 21 heavy (non-hydrogen) atoms. The average molecular weight is 296 g/mol. The first-order valence-corrected chi connectivity index (χ1v) is 9.06. The maximum Gasteiger partial charge on any atom is 0.0586 e. The smallest absolute Gasteiger partial charge is 0.0586 e. The Labute approximate surface area is 131 Å². The fourth-order valence-electron chi connectivity index (χ4n) is 4.12. The van der Waals surface area contributed by atoms with Gasteiger partial charge in [-0.2, -0.15) is 0 Å². The highest BCUT2D eigenvalue weighted by Gasteiger charge is 2.40. The van der Waals surface area contributed by atoms with Crippen molar-refractivity contribution in [3.8, 4) is 0 Å². The van der Waals surface area contributed by atoms with E-state index in [1.807, 2.05) is 7.11 Å². The molecule has 1 saturated heterocycles. The van der Waals surface area contributed by atoms with Crippen molar-refractivity contribution in [2.45, 2.75) is 89.9 Å². The Hall–Kier alpha value is -0.120. The number of nitrogens with one attached hydrogen (secondary N) is 1. The minimum atomic E-state index is 0.282. The number of rotatable bonds is 5. The van der Waals surface area contributed by atoms with Crippen molar-refractivity contribution in [1.82, 2.24) is 10.2 Å². The molecule has 0 spiro atoms. The van der Waals surface area contributed by atoms with E-state index in [4.69, 9.17) is 4.74 Å². The Balaban J connectivity index is 2.12. The fraction of sp³-hybridized carbons (Fsp3) is 1.00. The number of hydrogen-bond donors (Lipinski definition) is 1. The molecule has 3 nitrogen and oxygen atoms in total. The van der Waals surface area contributed by atoms with E-state index in [-0.39, 0.29) is 5.54 Å². The van der Waals surface area contributed by atoms with Gasteiger partial charge in [0.25, 0.3) is 0 Å². The Morgan fingerprint density at radius 3 is 2.71 bits per heavy atom. The van der Waals surface area contributed by atoms with E-state index >= 15 is 0 Å². The van der Waals surface area contributed by atoms with Crippen LogP contribution in [0, 0.1) is 5.92 Å². The van der Waals surface area contributed by atoms with Crippen LogP contribution < -0.4 is 5.32 Å². The number of hydrogen-bond acceptors (Lipinski definition) is 3. The molecule has 1 aliphatic heterocycles. The molecule has 3 heteroatoms. The van der Waals surface area contributed by atoms with Crippen LogP contribution >= 0.6 is 0 Å². The first-order valence-electron chi connectivity index (χ1n) is 9.06. The van der Waals surface area contributed by atoms with Crippen LogP contribution in [-0.4, -0.2) is 48.8 Å². The molecule has 2 fully saturated rings. The molecule has 0 aromatic heterocycles. The second-order valence-corrected chi connectivity index (χ2v) is 7.60. The van der Waals surface area contributed by atoms with Crippen LogP contribution in [0.2, 0.25) is 0 Å². The van der Waals surface area contributed by atoms with Crippen molar-refractivity contribution in [3.63, 3.8) is 0 Å². The highest BCUT2D eigenvalue weighted by Crippen LogP contribution is 2.32. The molecule has 1 heterocycles. The van der Waals surface area contributed by atoms with E-state index in [0.29, 0.717) is 12.1 Å². The second kappa shape index (κ2) is 7.43. The third kappa shape index (κ3) is 4.00. The fourth-order valence-corrected chi connectivity index (χ4v) is 4.12. The quantitative estimate of drug-likeness (QED) is 0.841. The van der Waals surface area contributed by atoms with Gasteiger partial charge in [-0.05, 0) is 44.9 Å². The third-order valence-electron chi connectivity index (χ3n) is 6.18. The summed E-state index contributed by atoms with van der Waals surface area (Å²) in [7, 11) is 1.88. The topological polar surface area (TPSA) is 24.5 Å². The highest BCUT2D eigenvalue weighted by molar-refractivity contribution is 4.99.